The number of para-hydroxylation sites is 1. The number of nitrogens with two attached hydrogens (primary N) is 1. The molecule has 1 aromatic heterocycles. The lowest BCUT2D eigenvalue weighted by Gasteiger charge is -2.37. The number of hydrogen-bond donors (Lipinski definition) is 1. The third kappa shape index (κ3) is 3.07. The lowest BCUT2D eigenvalue weighted by Crippen LogP contribution is -2.40. The van der Waals surface area contributed by atoms with Gasteiger partial charge in [-0.2, -0.15) is 0 Å². The average Bonchev–Trinajstić information content (AvgIpc) is 3.33. The molecule has 0 aliphatic heterocycles. The first kappa shape index (κ1) is 18.8. The van der Waals surface area contributed by atoms with Crippen molar-refractivity contribution in [2.45, 2.75) is 5.54 Å². The summed E-state index contributed by atoms with van der Waals surface area (Å²) < 4.78 is 1.89. The van der Waals surface area contributed by atoms with E-state index in [9.17, 15) is 0 Å². The summed E-state index contributed by atoms with van der Waals surface area (Å²) in [6.45, 7) is 0. The van der Waals surface area contributed by atoms with Crippen molar-refractivity contribution >= 4 is 5.69 Å². The van der Waals surface area contributed by atoms with E-state index in [1.807, 2.05) is 95.7 Å². The summed E-state index contributed by atoms with van der Waals surface area (Å²) in [4.78, 5) is 0. The van der Waals surface area contributed by atoms with E-state index >= 15 is 0 Å². The van der Waals surface area contributed by atoms with Gasteiger partial charge in [0.05, 0.1) is 0 Å². The van der Waals surface area contributed by atoms with Crippen LogP contribution < -0.4 is 5.73 Å². The molecule has 4 aromatic carbocycles. The Morgan fingerprint density at radius 1 is 0.613 bits per heavy atom. The Morgan fingerprint density at radius 3 is 1.71 bits per heavy atom. The molecule has 1 heterocycles. The van der Waals surface area contributed by atoms with Crippen LogP contribution >= 0.6 is 0 Å². The summed E-state index contributed by atoms with van der Waals surface area (Å²) in [5.74, 6) is 0.663. The molecule has 0 spiro atoms. The van der Waals surface area contributed by atoms with Crippen LogP contribution in [0.1, 0.15) is 16.7 Å². The van der Waals surface area contributed by atoms with Gasteiger partial charge >= 0.3 is 0 Å². The summed E-state index contributed by atoms with van der Waals surface area (Å²) in [5, 5.41) is 13.0. The van der Waals surface area contributed by atoms with E-state index < -0.39 is 5.54 Å². The first-order valence-corrected chi connectivity index (χ1v) is 10.1. The maximum atomic E-state index is 6.59. The molecule has 5 heteroatoms. The zero-order chi connectivity index (χ0) is 21.1. The quantitative estimate of drug-likeness (QED) is 0.339. The van der Waals surface area contributed by atoms with E-state index in [-0.39, 0.29) is 0 Å². The Kier molecular flexibility index (Phi) is 4.77. The number of nitrogen functional groups attached to an aromatic ring is 1. The van der Waals surface area contributed by atoms with Gasteiger partial charge in [0.15, 0.2) is 5.82 Å². The molecule has 150 valence electrons. The fourth-order valence-electron chi connectivity index (χ4n) is 4.20. The molecule has 0 radical (unpaired) electrons. The zero-order valence-electron chi connectivity index (χ0n) is 16.8. The Morgan fingerprint density at radius 2 is 1.13 bits per heavy atom. The fourth-order valence-corrected chi connectivity index (χ4v) is 4.20. The average molecular weight is 403 g/mol. The lowest BCUT2D eigenvalue weighted by atomic mass is 9.76. The number of tetrazole rings is 1. The summed E-state index contributed by atoms with van der Waals surface area (Å²) in [6.07, 6.45) is 0. The number of benzene rings is 4. The van der Waals surface area contributed by atoms with E-state index in [0.29, 0.717) is 11.5 Å². The van der Waals surface area contributed by atoms with Crippen LogP contribution in [-0.4, -0.2) is 20.2 Å². The molecular weight excluding hydrogens is 382 g/mol. The minimum atomic E-state index is -0.859. The molecule has 0 fully saturated rings. The highest BCUT2D eigenvalue weighted by atomic mass is 15.6. The predicted molar refractivity (Wildman–Crippen MR) is 122 cm³/mol. The third-order valence-electron chi connectivity index (χ3n) is 5.55. The topological polar surface area (TPSA) is 69.6 Å². The zero-order valence-corrected chi connectivity index (χ0v) is 16.8. The molecule has 0 amide bonds. The van der Waals surface area contributed by atoms with Gasteiger partial charge in [0.1, 0.15) is 5.54 Å². The van der Waals surface area contributed by atoms with Crippen molar-refractivity contribution in [1.82, 2.24) is 20.2 Å². The molecule has 0 aliphatic rings. The van der Waals surface area contributed by atoms with Crippen molar-refractivity contribution in [3.63, 3.8) is 0 Å². The van der Waals surface area contributed by atoms with Crippen LogP contribution in [-0.2, 0) is 5.54 Å². The summed E-state index contributed by atoms with van der Waals surface area (Å²) >= 11 is 0. The van der Waals surface area contributed by atoms with Crippen molar-refractivity contribution in [1.29, 1.82) is 0 Å². The maximum absolute atomic E-state index is 6.59. The molecular formula is C26H21N5. The molecule has 31 heavy (non-hydrogen) atoms. The second-order valence-corrected chi connectivity index (χ2v) is 7.31. The van der Waals surface area contributed by atoms with E-state index in [1.54, 1.807) is 0 Å². The van der Waals surface area contributed by atoms with Gasteiger partial charge in [0, 0.05) is 16.8 Å². The first-order valence-electron chi connectivity index (χ1n) is 10.1. The molecule has 5 nitrogen and oxygen atoms in total. The van der Waals surface area contributed by atoms with Gasteiger partial charge in [0.25, 0.3) is 0 Å². The molecule has 0 bridgehead atoms. The van der Waals surface area contributed by atoms with Crippen LogP contribution in [0.15, 0.2) is 115 Å². The maximum Gasteiger partial charge on any atom is 0.183 e. The summed E-state index contributed by atoms with van der Waals surface area (Å²) in [6, 6.07) is 38.4. The number of rotatable bonds is 5. The predicted octanol–water partition coefficient (Wildman–Crippen LogP) is 4.76. The van der Waals surface area contributed by atoms with Crippen LogP contribution in [0, 0.1) is 0 Å². The molecule has 0 saturated carbocycles. The molecule has 5 aromatic rings. The highest BCUT2D eigenvalue weighted by Gasteiger charge is 2.43. The molecule has 0 unspecified atom stereocenters. The Labute approximate surface area is 180 Å². The standard InChI is InChI=1S/C26H21N5/c27-24-19-11-10-18-23(24)26(21-14-6-2-7-15-21,22-16-8-3-9-17-22)31-25(28-29-30-31)20-12-4-1-5-13-20/h1-19H,27H2. The largest absolute Gasteiger partial charge is 0.398 e. The Bertz CT molecular complexity index is 1240. The molecule has 0 atom stereocenters. The third-order valence-corrected chi connectivity index (χ3v) is 5.55. The van der Waals surface area contributed by atoms with E-state index in [0.717, 1.165) is 22.3 Å². The van der Waals surface area contributed by atoms with E-state index in [2.05, 4.69) is 39.8 Å². The first-order chi connectivity index (χ1) is 15.3. The van der Waals surface area contributed by atoms with Gasteiger partial charge in [-0.1, -0.05) is 109 Å². The van der Waals surface area contributed by atoms with Gasteiger partial charge in [-0.15, -0.1) is 5.10 Å². The normalized spacial score (nSPS) is 11.4. The number of nitrogens with zero attached hydrogens (tertiary/aromatic N) is 4. The van der Waals surface area contributed by atoms with Gasteiger partial charge in [0.2, 0.25) is 0 Å². The molecule has 5 rings (SSSR count). The van der Waals surface area contributed by atoms with Gasteiger partial charge in [-0.25, -0.2) is 4.68 Å². The molecule has 2 N–H and O–H groups in total. The van der Waals surface area contributed by atoms with Crippen LogP contribution in [0.2, 0.25) is 0 Å². The highest BCUT2D eigenvalue weighted by Crippen LogP contribution is 2.44. The second kappa shape index (κ2) is 7.88. The summed E-state index contributed by atoms with van der Waals surface area (Å²) in [7, 11) is 0. The van der Waals surface area contributed by atoms with Crippen molar-refractivity contribution in [2.24, 2.45) is 0 Å². The minimum Gasteiger partial charge on any atom is -0.398 e. The molecule has 0 aliphatic carbocycles. The van der Waals surface area contributed by atoms with Gasteiger partial charge < -0.3 is 5.73 Å². The van der Waals surface area contributed by atoms with Crippen LogP contribution in [0.5, 0.6) is 0 Å². The monoisotopic (exact) mass is 403 g/mol. The highest BCUT2D eigenvalue weighted by molar-refractivity contribution is 5.64. The fraction of sp³-hybridized carbons (Fsp3) is 0.0385. The van der Waals surface area contributed by atoms with Gasteiger partial charge in [-0.3, -0.25) is 0 Å². The molecule has 0 saturated heterocycles. The number of hydrogen-bond acceptors (Lipinski definition) is 4. The summed E-state index contributed by atoms with van der Waals surface area (Å²) in [5.41, 5.74) is 10.3. The van der Waals surface area contributed by atoms with Crippen molar-refractivity contribution in [3.05, 3.63) is 132 Å². The number of anilines is 1. The van der Waals surface area contributed by atoms with Gasteiger partial charge in [-0.05, 0) is 27.6 Å². The SMILES string of the molecule is Nc1ccccc1C(c1ccccc1)(c1ccccc1)n1nnnc1-c1ccccc1. The van der Waals surface area contributed by atoms with Crippen LogP contribution in [0.25, 0.3) is 11.4 Å². The van der Waals surface area contributed by atoms with Crippen LogP contribution in [0.3, 0.4) is 0 Å². The van der Waals surface area contributed by atoms with Crippen LogP contribution in [0.4, 0.5) is 5.69 Å². The Hall–Kier alpha value is -4.25. The van der Waals surface area contributed by atoms with Crippen molar-refractivity contribution in [2.75, 3.05) is 5.73 Å². The number of aromatic nitrogens is 4. The van der Waals surface area contributed by atoms with Crippen molar-refractivity contribution < 1.29 is 0 Å². The van der Waals surface area contributed by atoms with E-state index in [4.69, 9.17) is 5.73 Å². The Balaban J connectivity index is 1.94. The van der Waals surface area contributed by atoms with Crippen molar-refractivity contribution in [3.8, 4) is 11.4 Å². The minimum absolute atomic E-state index is 0.663. The second-order valence-electron chi connectivity index (χ2n) is 7.31. The smallest absolute Gasteiger partial charge is 0.183 e. The lowest BCUT2D eigenvalue weighted by molar-refractivity contribution is 0.452. The van der Waals surface area contributed by atoms with E-state index in [1.165, 1.54) is 0 Å².